The molecule has 6 nitrogen and oxygen atoms in total. The van der Waals surface area contributed by atoms with E-state index in [0.717, 1.165) is 24.8 Å². The van der Waals surface area contributed by atoms with Crippen molar-refractivity contribution in [2.45, 2.75) is 31.1 Å². The summed E-state index contributed by atoms with van der Waals surface area (Å²) in [4.78, 5) is 25.6. The molecule has 1 saturated heterocycles. The molecule has 1 N–H and O–H groups in total. The first-order valence-electron chi connectivity index (χ1n) is 7.66. The van der Waals surface area contributed by atoms with Crippen molar-refractivity contribution in [1.82, 2.24) is 10.2 Å². The molecule has 2 amide bonds. The van der Waals surface area contributed by atoms with Gasteiger partial charge in [-0.05, 0) is 37.5 Å². The largest absolute Gasteiger partial charge is 0.352 e. The number of sulfone groups is 1. The van der Waals surface area contributed by atoms with Crippen LogP contribution in [0.4, 0.5) is 0 Å². The molecule has 1 aromatic carbocycles. The van der Waals surface area contributed by atoms with Gasteiger partial charge in [0.1, 0.15) is 0 Å². The number of rotatable bonds is 6. The molecular weight excluding hydrogens is 316 g/mol. The van der Waals surface area contributed by atoms with E-state index in [-0.39, 0.29) is 16.7 Å². The van der Waals surface area contributed by atoms with E-state index in [1.165, 1.54) is 12.1 Å². The molecule has 2 rings (SSSR count). The smallest absolute Gasteiger partial charge is 0.251 e. The molecule has 0 unspecified atom stereocenters. The quantitative estimate of drug-likeness (QED) is 0.789. The van der Waals surface area contributed by atoms with Crippen LogP contribution in [-0.4, -0.2) is 51.0 Å². The van der Waals surface area contributed by atoms with Crippen molar-refractivity contribution in [3.63, 3.8) is 0 Å². The summed E-state index contributed by atoms with van der Waals surface area (Å²) in [7, 11) is -3.34. The van der Waals surface area contributed by atoms with Gasteiger partial charge in [0.25, 0.3) is 5.91 Å². The van der Waals surface area contributed by atoms with E-state index in [1.54, 1.807) is 13.0 Å². The molecule has 0 bridgehead atoms. The SMILES string of the molecule is Cc1ccc(S(C)(=O)=O)cc1C(=O)NCCCN1CCCC1=O. The summed E-state index contributed by atoms with van der Waals surface area (Å²) in [5, 5.41) is 2.79. The number of hydrogen-bond donors (Lipinski definition) is 1. The van der Waals surface area contributed by atoms with Gasteiger partial charge in [-0.3, -0.25) is 9.59 Å². The summed E-state index contributed by atoms with van der Waals surface area (Å²) >= 11 is 0. The van der Waals surface area contributed by atoms with E-state index in [9.17, 15) is 18.0 Å². The molecule has 7 heteroatoms. The Bertz CT molecular complexity index is 713. The van der Waals surface area contributed by atoms with Crippen LogP contribution in [0.15, 0.2) is 23.1 Å². The zero-order valence-electron chi connectivity index (χ0n) is 13.5. The van der Waals surface area contributed by atoms with Gasteiger partial charge in [-0.25, -0.2) is 8.42 Å². The number of nitrogens with one attached hydrogen (secondary N) is 1. The lowest BCUT2D eigenvalue weighted by Gasteiger charge is -2.15. The average Bonchev–Trinajstić information content (AvgIpc) is 2.88. The number of hydrogen-bond acceptors (Lipinski definition) is 4. The fourth-order valence-electron chi connectivity index (χ4n) is 2.58. The van der Waals surface area contributed by atoms with Gasteiger partial charge in [-0.2, -0.15) is 0 Å². The Balaban J connectivity index is 1.91. The molecule has 1 heterocycles. The van der Waals surface area contributed by atoms with Crippen LogP contribution in [0.1, 0.15) is 35.2 Å². The van der Waals surface area contributed by atoms with Crippen LogP contribution >= 0.6 is 0 Å². The predicted molar refractivity (Wildman–Crippen MR) is 87.1 cm³/mol. The number of carbonyl (C=O) groups is 2. The highest BCUT2D eigenvalue weighted by atomic mass is 32.2. The summed E-state index contributed by atoms with van der Waals surface area (Å²) in [6.45, 7) is 3.65. The normalized spacial score (nSPS) is 15.0. The second kappa shape index (κ2) is 7.12. The highest BCUT2D eigenvalue weighted by molar-refractivity contribution is 7.90. The second-order valence-electron chi connectivity index (χ2n) is 5.84. The number of carbonyl (C=O) groups excluding carboxylic acids is 2. The van der Waals surface area contributed by atoms with Gasteiger partial charge < -0.3 is 10.2 Å². The third-order valence-electron chi connectivity index (χ3n) is 3.94. The fraction of sp³-hybridized carbons (Fsp3) is 0.500. The molecule has 23 heavy (non-hydrogen) atoms. The Morgan fingerprint density at radius 3 is 2.70 bits per heavy atom. The van der Waals surface area contributed by atoms with E-state index in [0.29, 0.717) is 31.5 Å². The van der Waals surface area contributed by atoms with Crippen molar-refractivity contribution < 1.29 is 18.0 Å². The van der Waals surface area contributed by atoms with Gasteiger partial charge in [0, 0.05) is 37.9 Å². The topological polar surface area (TPSA) is 83.6 Å². The number of aryl methyl sites for hydroxylation is 1. The van der Waals surface area contributed by atoms with Crippen LogP contribution < -0.4 is 5.32 Å². The monoisotopic (exact) mass is 338 g/mol. The number of likely N-dealkylation sites (tertiary alicyclic amines) is 1. The fourth-order valence-corrected chi connectivity index (χ4v) is 3.23. The molecule has 1 aliphatic rings. The lowest BCUT2D eigenvalue weighted by molar-refractivity contribution is -0.127. The van der Waals surface area contributed by atoms with Crippen LogP contribution in [0.3, 0.4) is 0 Å². The van der Waals surface area contributed by atoms with Gasteiger partial charge in [-0.15, -0.1) is 0 Å². The molecule has 1 aliphatic heterocycles. The summed E-state index contributed by atoms with van der Waals surface area (Å²) in [5.41, 5.74) is 1.09. The summed E-state index contributed by atoms with van der Waals surface area (Å²) < 4.78 is 23.2. The van der Waals surface area contributed by atoms with Gasteiger partial charge in [-0.1, -0.05) is 6.07 Å². The lowest BCUT2D eigenvalue weighted by atomic mass is 10.1. The van der Waals surface area contributed by atoms with Crippen LogP contribution in [-0.2, 0) is 14.6 Å². The number of benzene rings is 1. The molecule has 126 valence electrons. The first kappa shape index (κ1) is 17.5. The predicted octanol–water partition coefficient (Wildman–Crippen LogP) is 1.14. The van der Waals surface area contributed by atoms with Crippen molar-refractivity contribution in [2.24, 2.45) is 0 Å². The minimum atomic E-state index is -3.34. The van der Waals surface area contributed by atoms with Gasteiger partial charge >= 0.3 is 0 Å². The minimum Gasteiger partial charge on any atom is -0.352 e. The average molecular weight is 338 g/mol. The highest BCUT2D eigenvalue weighted by Gasteiger charge is 2.19. The van der Waals surface area contributed by atoms with Gasteiger partial charge in [0.2, 0.25) is 5.91 Å². The first-order chi connectivity index (χ1) is 10.8. The highest BCUT2D eigenvalue weighted by Crippen LogP contribution is 2.15. The zero-order chi connectivity index (χ0) is 17.0. The van der Waals surface area contributed by atoms with Crippen LogP contribution in [0.2, 0.25) is 0 Å². The Morgan fingerprint density at radius 1 is 1.35 bits per heavy atom. The van der Waals surface area contributed by atoms with Crippen molar-refractivity contribution in [3.05, 3.63) is 29.3 Å². The number of nitrogens with zero attached hydrogens (tertiary/aromatic N) is 1. The lowest BCUT2D eigenvalue weighted by Crippen LogP contribution is -2.31. The second-order valence-corrected chi connectivity index (χ2v) is 7.86. The maximum absolute atomic E-state index is 12.2. The van der Waals surface area contributed by atoms with Crippen molar-refractivity contribution in [2.75, 3.05) is 25.9 Å². The van der Waals surface area contributed by atoms with Crippen molar-refractivity contribution in [3.8, 4) is 0 Å². The third kappa shape index (κ3) is 4.54. The molecule has 1 fully saturated rings. The molecule has 0 aromatic heterocycles. The van der Waals surface area contributed by atoms with E-state index >= 15 is 0 Å². The molecule has 0 spiro atoms. The third-order valence-corrected chi connectivity index (χ3v) is 5.05. The van der Waals surface area contributed by atoms with Crippen molar-refractivity contribution in [1.29, 1.82) is 0 Å². The molecule has 0 radical (unpaired) electrons. The Kier molecular flexibility index (Phi) is 5.41. The van der Waals surface area contributed by atoms with Crippen LogP contribution in [0.25, 0.3) is 0 Å². The summed E-state index contributed by atoms with van der Waals surface area (Å²) in [5.74, 6) is -0.117. The zero-order valence-corrected chi connectivity index (χ0v) is 14.3. The summed E-state index contributed by atoms with van der Waals surface area (Å²) in [6, 6.07) is 4.54. The molecular formula is C16H22N2O4S. The minimum absolute atomic E-state index is 0.135. The maximum Gasteiger partial charge on any atom is 0.251 e. The standard InChI is InChI=1S/C16H22N2O4S/c1-12-6-7-13(23(2,21)22)11-14(12)16(20)17-8-4-10-18-9-3-5-15(18)19/h6-7,11H,3-5,8-10H2,1-2H3,(H,17,20). The maximum atomic E-state index is 12.2. The first-order valence-corrected chi connectivity index (χ1v) is 9.55. The van der Waals surface area contributed by atoms with E-state index < -0.39 is 9.84 Å². The Labute approximate surface area is 136 Å². The van der Waals surface area contributed by atoms with E-state index in [4.69, 9.17) is 0 Å². The number of amides is 2. The van der Waals surface area contributed by atoms with Crippen molar-refractivity contribution >= 4 is 21.7 Å². The van der Waals surface area contributed by atoms with Crippen LogP contribution in [0, 0.1) is 6.92 Å². The molecule has 1 aromatic rings. The van der Waals surface area contributed by atoms with Gasteiger partial charge in [0.05, 0.1) is 4.90 Å². The van der Waals surface area contributed by atoms with Gasteiger partial charge in [0.15, 0.2) is 9.84 Å². The Morgan fingerprint density at radius 2 is 2.09 bits per heavy atom. The Hall–Kier alpha value is -1.89. The molecule has 0 atom stereocenters. The molecule has 0 aliphatic carbocycles. The summed E-state index contributed by atoms with van der Waals surface area (Å²) in [6.07, 6.45) is 3.32. The van der Waals surface area contributed by atoms with Crippen LogP contribution in [0.5, 0.6) is 0 Å². The van der Waals surface area contributed by atoms with E-state index in [1.807, 2.05) is 4.90 Å². The molecule has 0 saturated carbocycles. The van der Waals surface area contributed by atoms with E-state index in [2.05, 4.69) is 5.32 Å².